The van der Waals surface area contributed by atoms with E-state index in [4.69, 9.17) is 21.1 Å². The molecule has 1 N–H and O–H groups in total. The minimum Gasteiger partial charge on any atom is -0.493 e. The number of nitrogens with one attached hydrogen (secondary N) is 1. The maximum Gasteiger partial charge on any atom is 0.209 e. The molecule has 0 saturated heterocycles. The van der Waals surface area contributed by atoms with Gasteiger partial charge in [-0.25, -0.2) is 0 Å². The predicted octanol–water partition coefficient (Wildman–Crippen LogP) is 1.90. The lowest BCUT2D eigenvalue weighted by Gasteiger charge is -2.12. The van der Waals surface area contributed by atoms with E-state index in [1.807, 2.05) is 0 Å². The molecule has 1 aromatic rings. The van der Waals surface area contributed by atoms with Crippen LogP contribution in [0.5, 0.6) is 11.5 Å². The van der Waals surface area contributed by atoms with Gasteiger partial charge >= 0.3 is 0 Å². The van der Waals surface area contributed by atoms with Crippen molar-refractivity contribution in [2.75, 3.05) is 27.8 Å². The molecule has 0 aliphatic rings. The minimum atomic E-state index is -0.776. The number of halogens is 2. The number of carbonyl (C=O) groups excluding carboxylic acids is 1. The van der Waals surface area contributed by atoms with E-state index >= 15 is 0 Å². The summed E-state index contributed by atoms with van der Waals surface area (Å²) in [4.78, 5) is 11.7. The Balaban J connectivity index is 3.36. The minimum absolute atomic E-state index is 0.0326. The Kier molecular flexibility index (Phi) is 4.72. The highest BCUT2D eigenvalue weighted by Gasteiger charge is 2.22. The zero-order valence-corrected chi connectivity index (χ0v) is 10.5. The van der Waals surface area contributed by atoms with Gasteiger partial charge in [0.15, 0.2) is 17.3 Å². The average Bonchev–Trinajstić information content (AvgIpc) is 2.29. The van der Waals surface area contributed by atoms with E-state index in [0.29, 0.717) is 0 Å². The van der Waals surface area contributed by atoms with E-state index in [1.165, 1.54) is 20.3 Å². The highest BCUT2D eigenvalue weighted by Crippen LogP contribution is 2.37. The first-order valence-electron chi connectivity index (χ1n) is 4.84. The van der Waals surface area contributed by atoms with Crippen molar-refractivity contribution in [1.29, 1.82) is 0 Å². The van der Waals surface area contributed by atoms with Gasteiger partial charge in [0.2, 0.25) is 5.82 Å². The van der Waals surface area contributed by atoms with Gasteiger partial charge in [0.05, 0.1) is 31.4 Å². The molecular formula is C11H13ClFNO3. The zero-order chi connectivity index (χ0) is 13.0. The third kappa shape index (κ3) is 2.68. The number of hydrogen-bond donors (Lipinski definition) is 1. The van der Waals surface area contributed by atoms with Crippen molar-refractivity contribution in [2.24, 2.45) is 0 Å². The summed E-state index contributed by atoms with van der Waals surface area (Å²) in [5.41, 5.74) is 0.0881. The summed E-state index contributed by atoms with van der Waals surface area (Å²) in [5.74, 6) is -1.38. The lowest BCUT2D eigenvalue weighted by Crippen LogP contribution is -2.19. The van der Waals surface area contributed by atoms with Gasteiger partial charge in [-0.1, -0.05) is 11.6 Å². The molecule has 0 saturated carbocycles. The van der Waals surface area contributed by atoms with Crippen molar-refractivity contribution in [1.82, 2.24) is 5.32 Å². The average molecular weight is 262 g/mol. The molecule has 0 unspecified atom stereocenters. The Labute approximate surface area is 104 Å². The summed E-state index contributed by atoms with van der Waals surface area (Å²) in [6, 6.07) is 1.34. The monoisotopic (exact) mass is 261 g/mol. The largest absolute Gasteiger partial charge is 0.493 e. The number of likely N-dealkylation sites (N-methyl/N-ethyl adjacent to an activating group) is 1. The molecule has 0 amide bonds. The molecule has 17 heavy (non-hydrogen) atoms. The molecule has 0 heterocycles. The molecule has 0 radical (unpaired) electrons. The summed E-state index contributed by atoms with van der Waals surface area (Å²) in [5, 5.41) is 2.72. The molecule has 1 aromatic carbocycles. The van der Waals surface area contributed by atoms with Crippen LogP contribution in [0.15, 0.2) is 6.07 Å². The molecule has 6 heteroatoms. The molecule has 0 aliphatic heterocycles. The topological polar surface area (TPSA) is 47.6 Å². The van der Waals surface area contributed by atoms with Crippen molar-refractivity contribution in [2.45, 2.75) is 0 Å². The van der Waals surface area contributed by atoms with Crippen molar-refractivity contribution >= 4 is 17.4 Å². The van der Waals surface area contributed by atoms with E-state index in [1.54, 1.807) is 7.05 Å². The summed E-state index contributed by atoms with van der Waals surface area (Å²) >= 11 is 5.81. The number of benzene rings is 1. The molecule has 0 fully saturated rings. The van der Waals surface area contributed by atoms with Gasteiger partial charge in [0, 0.05) is 0 Å². The molecule has 94 valence electrons. The molecule has 4 nitrogen and oxygen atoms in total. The van der Waals surface area contributed by atoms with Gasteiger partial charge in [-0.15, -0.1) is 0 Å². The van der Waals surface area contributed by atoms with Crippen LogP contribution in [-0.2, 0) is 0 Å². The summed E-state index contributed by atoms with van der Waals surface area (Å²) in [6.07, 6.45) is 0. The normalized spacial score (nSPS) is 10.2. The first-order chi connectivity index (χ1) is 8.06. The van der Waals surface area contributed by atoms with Crippen LogP contribution < -0.4 is 14.8 Å². The number of rotatable bonds is 5. The van der Waals surface area contributed by atoms with Crippen molar-refractivity contribution < 1.29 is 18.7 Å². The Hall–Kier alpha value is -1.33. The molecule has 0 bridgehead atoms. The van der Waals surface area contributed by atoms with Crippen LogP contribution in [0.4, 0.5) is 4.39 Å². The van der Waals surface area contributed by atoms with Gasteiger partial charge in [0.25, 0.3) is 0 Å². The number of ketones is 1. The fraction of sp³-hybridized carbons (Fsp3) is 0.364. The van der Waals surface area contributed by atoms with Gasteiger partial charge in [0.1, 0.15) is 0 Å². The number of ether oxygens (including phenoxy) is 2. The molecule has 1 rings (SSSR count). The fourth-order valence-corrected chi connectivity index (χ4v) is 1.70. The van der Waals surface area contributed by atoms with E-state index < -0.39 is 5.82 Å². The molecule has 0 spiro atoms. The van der Waals surface area contributed by atoms with Crippen LogP contribution in [0.25, 0.3) is 0 Å². The molecule has 0 atom stereocenters. The van der Waals surface area contributed by atoms with Crippen LogP contribution >= 0.6 is 11.6 Å². The highest BCUT2D eigenvalue weighted by atomic mass is 35.5. The van der Waals surface area contributed by atoms with E-state index in [9.17, 15) is 9.18 Å². The second kappa shape index (κ2) is 5.84. The van der Waals surface area contributed by atoms with Crippen molar-refractivity contribution in [3.63, 3.8) is 0 Å². The third-order valence-electron chi connectivity index (χ3n) is 2.18. The van der Waals surface area contributed by atoms with E-state index in [0.717, 1.165) is 0 Å². The van der Waals surface area contributed by atoms with Gasteiger partial charge in [-0.2, -0.15) is 4.39 Å². The van der Waals surface area contributed by atoms with Crippen LogP contribution in [-0.4, -0.2) is 33.6 Å². The van der Waals surface area contributed by atoms with Crippen LogP contribution in [0.3, 0.4) is 0 Å². The second-order valence-electron chi connectivity index (χ2n) is 3.24. The fourth-order valence-electron chi connectivity index (χ4n) is 1.43. The standard InChI is InChI=1S/C11H13ClFNO3/c1-14-5-8(15)6-4-7(12)11(17-3)9(13)10(6)16-2/h4,14H,5H2,1-3H3. The summed E-state index contributed by atoms with van der Waals surface area (Å²) in [6.45, 7) is 0.0679. The first kappa shape index (κ1) is 13.7. The van der Waals surface area contributed by atoms with Crippen molar-refractivity contribution in [3.05, 3.63) is 22.5 Å². The van der Waals surface area contributed by atoms with E-state index in [2.05, 4.69) is 5.32 Å². The SMILES string of the molecule is CNCC(=O)c1cc(Cl)c(OC)c(F)c1OC. The maximum absolute atomic E-state index is 13.9. The number of methoxy groups -OCH3 is 2. The lowest BCUT2D eigenvalue weighted by molar-refractivity contribution is 0.0989. The quantitative estimate of drug-likeness (QED) is 0.823. The van der Waals surface area contributed by atoms with Crippen LogP contribution in [0.2, 0.25) is 5.02 Å². The van der Waals surface area contributed by atoms with Crippen LogP contribution in [0, 0.1) is 5.82 Å². The predicted molar refractivity (Wildman–Crippen MR) is 62.8 cm³/mol. The Morgan fingerprint density at radius 3 is 2.47 bits per heavy atom. The van der Waals surface area contributed by atoms with Crippen molar-refractivity contribution in [3.8, 4) is 11.5 Å². The van der Waals surface area contributed by atoms with Gasteiger partial charge in [-0.05, 0) is 13.1 Å². The Morgan fingerprint density at radius 2 is 2.00 bits per heavy atom. The third-order valence-corrected chi connectivity index (χ3v) is 2.46. The molecule has 0 aliphatic carbocycles. The maximum atomic E-state index is 13.9. The highest BCUT2D eigenvalue weighted by molar-refractivity contribution is 6.32. The number of carbonyl (C=O) groups is 1. The lowest BCUT2D eigenvalue weighted by atomic mass is 10.1. The van der Waals surface area contributed by atoms with Gasteiger partial charge < -0.3 is 14.8 Å². The number of hydrogen-bond acceptors (Lipinski definition) is 4. The Morgan fingerprint density at radius 1 is 1.41 bits per heavy atom. The Bertz CT molecular complexity index is 437. The number of Topliss-reactive ketones (excluding diaryl/α,β-unsaturated/α-hetero) is 1. The van der Waals surface area contributed by atoms with Crippen LogP contribution in [0.1, 0.15) is 10.4 Å². The summed E-state index contributed by atoms with van der Waals surface area (Å²) in [7, 11) is 4.19. The summed E-state index contributed by atoms with van der Waals surface area (Å²) < 4.78 is 23.6. The second-order valence-corrected chi connectivity index (χ2v) is 3.65. The van der Waals surface area contributed by atoms with Gasteiger partial charge in [-0.3, -0.25) is 4.79 Å². The smallest absolute Gasteiger partial charge is 0.209 e. The van der Waals surface area contributed by atoms with E-state index in [-0.39, 0.29) is 34.4 Å². The molecular weight excluding hydrogens is 249 g/mol. The molecule has 0 aromatic heterocycles. The zero-order valence-electron chi connectivity index (χ0n) is 9.77. The first-order valence-corrected chi connectivity index (χ1v) is 5.22.